The van der Waals surface area contributed by atoms with E-state index in [4.69, 9.17) is 16.1 Å². The van der Waals surface area contributed by atoms with E-state index >= 15 is 4.39 Å². The minimum atomic E-state index is -0.936. The number of hydrogen-bond acceptors (Lipinski definition) is 8. The van der Waals surface area contributed by atoms with E-state index < -0.39 is 29.3 Å². The average Bonchev–Trinajstić information content (AvgIpc) is 3.72. The van der Waals surface area contributed by atoms with E-state index in [0.29, 0.717) is 72.3 Å². The highest BCUT2D eigenvalue weighted by molar-refractivity contribution is 6.02. The lowest BCUT2D eigenvalue weighted by Gasteiger charge is -2.37. The van der Waals surface area contributed by atoms with E-state index in [-0.39, 0.29) is 29.9 Å². The Balaban J connectivity index is 1.13. The lowest BCUT2D eigenvalue weighted by atomic mass is 9.95. The molecule has 3 aromatic heterocycles. The molecule has 0 aliphatic carbocycles. The fourth-order valence-corrected chi connectivity index (χ4v) is 8.28. The van der Waals surface area contributed by atoms with Crippen LogP contribution in [0.3, 0.4) is 0 Å². The van der Waals surface area contributed by atoms with Crippen molar-refractivity contribution in [2.24, 2.45) is 0 Å². The van der Waals surface area contributed by atoms with E-state index in [1.165, 1.54) is 11.1 Å². The third-order valence-electron chi connectivity index (χ3n) is 11.0. The van der Waals surface area contributed by atoms with Crippen LogP contribution in [0.25, 0.3) is 39.0 Å². The number of halogens is 3. The summed E-state index contributed by atoms with van der Waals surface area (Å²) in [5.41, 5.74) is 1.18. The standard InChI is InChI=1S/C41H38F3N7O2/c1-3-26-9-6-10-27-11-7-13-31(34(26)27)36-35(44)37-32(23-46-36)38(48-40(47-37)53-25-41-16-8-18-51(41)24-28(42)22-41)49(2)30-14-19-50(20-15-30)39(52)33(43)21-29-12-4-5-17-45-29/h1,4-7,9-13,17,21,23,28,30H,8,14-16,18-20,22,24-25H2,2H3/b33-21-/t28?,41-/m0/s1. The molecule has 2 aromatic carbocycles. The summed E-state index contributed by atoms with van der Waals surface area (Å²) in [6.07, 6.45) is 12.3. The largest absolute Gasteiger partial charge is 0.461 e. The van der Waals surface area contributed by atoms with Crippen molar-refractivity contribution in [3.63, 3.8) is 0 Å². The Labute approximate surface area is 305 Å². The molecule has 1 amide bonds. The maximum Gasteiger partial charge on any atom is 0.319 e. The Morgan fingerprint density at radius 1 is 1.09 bits per heavy atom. The zero-order chi connectivity index (χ0) is 36.7. The number of anilines is 1. The summed E-state index contributed by atoms with van der Waals surface area (Å²) in [4.78, 5) is 36.7. The van der Waals surface area contributed by atoms with Crippen LogP contribution in [0, 0.1) is 18.2 Å². The first-order valence-electron chi connectivity index (χ1n) is 17.9. The second kappa shape index (κ2) is 14.1. The van der Waals surface area contributed by atoms with Gasteiger partial charge in [0.1, 0.15) is 29.8 Å². The predicted octanol–water partition coefficient (Wildman–Crippen LogP) is 6.75. The lowest BCUT2D eigenvalue weighted by Crippen LogP contribution is -2.46. The molecule has 6 heterocycles. The number of piperidine rings is 1. The van der Waals surface area contributed by atoms with Gasteiger partial charge in [0.05, 0.1) is 16.6 Å². The lowest BCUT2D eigenvalue weighted by molar-refractivity contribution is -0.129. The van der Waals surface area contributed by atoms with Crippen LogP contribution in [0.4, 0.5) is 19.0 Å². The van der Waals surface area contributed by atoms with Gasteiger partial charge in [0.25, 0.3) is 5.91 Å². The van der Waals surface area contributed by atoms with Crippen molar-refractivity contribution in [3.05, 3.63) is 89.9 Å². The van der Waals surface area contributed by atoms with Gasteiger partial charge in [0.15, 0.2) is 11.6 Å². The number of fused-ring (bicyclic) bond motifs is 3. The molecule has 270 valence electrons. The second-order valence-electron chi connectivity index (χ2n) is 14.1. The third kappa shape index (κ3) is 6.44. The van der Waals surface area contributed by atoms with Crippen LogP contribution in [-0.4, -0.2) is 93.2 Å². The Kier molecular flexibility index (Phi) is 9.20. The minimum Gasteiger partial charge on any atom is -0.461 e. The molecule has 53 heavy (non-hydrogen) atoms. The van der Waals surface area contributed by atoms with Gasteiger partial charge < -0.3 is 14.5 Å². The molecule has 3 fully saturated rings. The molecule has 0 spiro atoms. The van der Waals surface area contributed by atoms with E-state index in [1.807, 2.05) is 42.3 Å². The fourth-order valence-electron chi connectivity index (χ4n) is 8.28. The van der Waals surface area contributed by atoms with E-state index in [2.05, 4.69) is 25.8 Å². The average molecular weight is 718 g/mol. The summed E-state index contributed by atoms with van der Waals surface area (Å²) >= 11 is 0. The number of pyridine rings is 2. The molecule has 5 aromatic rings. The smallest absolute Gasteiger partial charge is 0.319 e. The Hall–Kier alpha value is -5.54. The summed E-state index contributed by atoms with van der Waals surface area (Å²) in [6.45, 7) is 1.96. The monoisotopic (exact) mass is 717 g/mol. The summed E-state index contributed by atoms with van der Waals surface area (Å²) < 4.78 is 52.7. The minimum absolute atomic E-state index is 0.0180. The van der Waals surface area contributed by atoms with Crippen molar-refractivity contribution in [1.82, 2.24) is 29.7 Å². The summed E-state index contributed by atoms with van der Waals surface area (Å²) in [6, 6.07) is 16.1. The maximum absolute atomic E-state index is 16.9. The Bertz CT molecular complexity index is 2270. The Morgan fingerprint density at radius 3 is 2.68 bits per heavy atom. The summed E-state index contributed by atoms with van der Waals surface area (Å²) in [5.74, 6) is 0.906. The number of amides is 1. The fraction of sp³-hybridized carbons (Fsp3) is 0.341. The molecular formula is C41H38F3N7O2. The molecule has 3 saturated heterocycles. The predicted molar refractivity (Wildman–Crippen MR) is 198 cm³/mol. The van der Waals surface area contributed by atoms with Crippen LogP contribution in [0.5, 0.6) is 6.01 Å². The highest BCUT2D eigenvalue weighted by atomic mass is 19.1. The van der Waals surface area contributed by atoms with Crippen molar-refractivity contribution in [1.29, 1.82) is 0 Å². The molecule has 8 rings (SSSR count). The summed E-state index contributed by atoms with van der Waals surface area (Å²) in [5, 5.41) is 1.94. The number of aromatic nitrogens is 4. The summed E-state index contributed by atoms with van der Waals surface area (Å²) in [7, 11) is 1.85. The van der Waals surface area contributed by atoms with Gasteiger partial charge in [-0.15, -0.1) is 6.42 Å². The molecule has 2 atom stereocenters. The second-order valence-corrected chi connectivity index (χ2v) is 14.1. The molecule has 1 unspecified atom stereocenters. The van der Waals surface area contributed by atoms with Crippen molar-refractivity contribution in [2.45, 2.75) is 49.9 Å². The topological polar surface area (TPSA) is 87.6 Å². The number of rotatable bonds is 8. The highest BCUT2D eigenvalue weighted by Crippen LogP contribution is 2.41. The number of terminal acetylenes is 1. The van der Waals surface area contributed by atoms with Gasteiger partial charge in [0.2, 0.25) is 0 Å². The van der Waals surface area contributed by atoms with Crippen LogP contribution in [0.15, 0.2) is 72.8 Å². The van der Waals surface area contributed by atoms with Gasteiger partial charge in [-0.2, -0.15) is 9.97 Å². The molecule has 0 bridgehead atoms. The van der Waals surface area contributed by atoms with Gasteiger partial charge in [0, 0.05) is 74.1 Å². The maximum atomic E-state index is 16.9. The first-order chi connectivity index (χ1) is 25.7. The molecule has 0 saturated carbocycles. The number of benzene rings is 2. The first kappa shape index (κ1) is 34.5. The molecule has 9 nitrogen and oxygen atoms in total. The zero-order valence-corrected chi connectivity index (χ0v) is 29.3. The number of alkyl halides is 1. The molecule has 0 radical (unpaired) electrons. The van der Waals surface area contributed by atoms with E-state index in [0.717, 1.165) is 30.8 Å². The van der Waals surface area contributed by atoms with Crippen molar-refractivity contribution < 1.29 is 22.7 Å². The van der Waals surface area contributed by atoms with Gasteiger partial charge >= 0.3 is 6.01 Å². The molecular weight excluding hydrogens is 679 g/mol. The molecule has 12 heteroatoms. The molecule has 0 N–H and O–H groups in total. The number of nitrogens with zero attached hydrogens (tertiary/aromatic N) is 7. The van der Waals surface area contributed by atoms with Crippen LogP contribution >= 0.6 is 0 Å². The van der Waals surface area contributed by atoms with Crippen LogP contribution in [-0.2, 0) is 4.79 Å². The van der Waals surface area contributed by atoms with Crippen molar-refractivity contribution in [2.75, 3.05) is 44.7 Å². The molecule has 3 aliphatic heterocycles. The van der Waals surface area contributed by atoms with E-state index in [1.54, 1.807) is 30.5 Å². The van der Waals surface area contributed by atoms with Crippen LogP contribution in [0.2, 0.25) is 0 Å². The number of hydrogen-bond donors (Lipinski definition) is 0. The first-order valence-corrected chi connectivity index (χ1v) is 17.9. The van der Waals surface area contributed by atoms with Crippen LogP contribution < -0.4 is 9.64 Å². The van der Waals surface area contributed by atoms with Gasteiger partial charge in [-0.05, 0) is 55.8 Å². The number of carbonyl (C=O) groups is 1. The highest BCUT2D eigenvalue weighted by Gasteiger charge is 2.49. The Morgan fingerprint density at radius 2 is 1.91 bits per heavy atom. The van der Waals surface area contributed by atoms with Crippen LogP contribution in [0.1, 0.15) is 43.4 Å². The van der Waals surface area contributed by atoms with E-state index in [9.17, 15) is 13.6 Å². The molecule has 3 aliphatic rings. The number of likely N-dealkylation sites (tertiary alicyclic amines) is 1. The van der Waals surface area contributed by atoms with Gasteiger partial charge in [-0.1, -0.05) is 42.3 Å². The normalized spacial score (nSPS) is 20.8. The number of ether oxygens (including phenoxy) is 1. The quantitative estimate of drug-likeness (QED) is 0.129. The third-order valence-corrected chi connectivity index (χ3v) is 11.0. The van der Waals surface area contributed by atoms with Gasteiger partial charge in [-0.3, -0.25) is 19.7 Å². The zero-order valence-electron chi connectivity index (χ0n) is 29.3. The number of carbonyl (C=O) groups excluding carboxylic acids is 1. The SMILES string of the molecule is C#Cc1cccc2cccc(-c3ncc4c(N(C)C5CCN(C(=O)/C(F)=C/c6ccccn6)CC5)nc(OC[C@@]56CCCN5CC(F)C6)nc4c3F)c12. The van der Waals surface area contributed by atoms with Crippen molar-refractivity contribution >= 4 is 39.5 Å². The van der Waals surface area contributed by atoms with Crippen molar-refractivity contribution in [3.8, 4) is 29.6 Å². The van der Waals surface area contributed by atoms with Gasteiger partial charge in [-0.25, -0.2) is 13.2 Å².